The van der Waals surface area contributed by atoms with Crippen molar-refractivity contribution in [3.05, 3.63) is 59.8 Å². The van der Waals surface area contributed by atoms with E-state index in [1.54, 1.807) is 18.3 Å². The average Bonchev–Trinajstić information content (AvgIpc) is 3.09. The van der Waals surface area contributed by atoms with Gasteiger partial charge in [0.2, 0.25) is 5.88 Å². The maximum atomic E-state index is 12.9. The molecule has 0 bridgehead atoms. The third-order valence-electron chi connectivity index (χ3n) is 4.51. The maximum absolute atomic E-state index is 12.9. The molecule has 1 N–H and O–H groups in total. The van der Waals surface area contributed by atoms with Gasteiger partial charge in [0.1, 0.15) is 5.56 Å². The van der Waals surface area contributed by atoms with Crippen LogP contribution in [0.15, 0.2) is 48.7 Å². The monoisotopic (exact) mass is 326 g/mol. The molecule has 0 spiro atoms. The summed E-state index contributed by atoms with van der Waals surface area (Å²) < 4.78 is 5.20. The van der Waals surface area contributed by atoms with Crippen LogP contribution in [-0.4, -0.2) is 40.6 Å². The molecule has 0 unspecified atom stereocenters. The number of ether oxygens (including phenoxy) is 1. The standard InChI is InChI=1S/C19H22N2O3/c1-24-18-16(10-5-11-20-18)19(23)21-12-6-9-15(21)13-17(22)14-7-3-2-4-8-14/h2-5,7-8,10-11,15,17,22H,6,9,12-13H2,1H3/t15-,17+/m0/s1. The largest absolute Gasteiger partial charge is 0.480 e. The van der Waals surface area contributed by atoms with Crippen molar-refractivity contribution in [3.63, 3.8) is 0 Å². The Morgan fingerprint density at radius 1 is 1.33 bits per heavy atom. The first-order valence-corrected chi connectivity index (χ1v) is 8.23. The van der Waals surface area contributed by atoms with Gasteiger partial charge in [-0.3, -0.25) is 4.79 Å². The van der Waals surface area contributed by atoms with E-state index in [0.29, 0.717) is 24.4 Å². The Morgan fingerprint density at radius 2 is 2.12 bits per heavy atom. The molecule has 0 saturated carbocycles. The molecular weight excluding hydrogens is 304 g/mol. The second kappa shape index (κ2) is 7.45. The van der Waals surface area contributed by atoms with Crippen LogP contribution in [0.1, 0.15) is 41.3 Å². The predicted octanol–water partition coefficient (Wildman–Crippen LogP) is 2.82. The van der Waals surface area contributed by atoms with Gasteiger partial charge in [0, 0.05) is 18.8 Å². The van der Waals surface area contributed by atoms with Gasteiger partial charge in [-0.1, -0.05) is 30.3 Å². The van der Waals surface area contributed by atoms with E-state index in [0.717, 1.165) is 18.4 Å². The predicted molar refractivity (Wildman–Crippen MR) is 90.9 cm³/mol. The number of likely N-dealkylation sites (tertiary alicyclic amines) is 1. The van der Waals surface area contributed by atoms with E-state index >= 15 is 0 Å². The Hall–Kier alpha value is -2.40. The van der Waals surface area contributed by atoms with E-state index in [9.17, 15) is 9.90 Å². The number of carbonyl (C=O) groups is 1. The minimum atomic E-state index is -0.569. The number of methoxy groups -OCH3 is 1. The number of rotatable bonds is 5. The van der Waals surface area contributed by atoms with Crippen LogP contribution in [0.3, 0.4) is 0 Å². The lowest BCUT2D eigenvalue weighted by Gasteiger charge is -2.27. The zero-order valence-corrected chi connectivity index (χ0v) is 13.8. The van der Waals surface area contributed by atoms with Gasteiger partial charge in [0.15, 0.2) is 0 Å². The molecule has 2 heterocycles. The third-order valence-corrected chi connectivity index (χ3v) is 4.51. The van der Waals surface area contributed by atoms with E-state index in [2.05, 4.69) is 4.98 Å². The lowest BCUT2D eigenvalue weighted by Crippen LogP contribution is -2.36. The van der Waals surface area contributed by atoms with Crippen LogP contribution in [-0.2, 0) is 0 Å². The van der Waals surface area contributed by atoms with Crippen LogP contribution < -0.4 is 4.74 Å². The normalized spacial score (nSPS) is 18.4. The first kappa shape index (κ1) is 16.5. The van der Waals surface area contributed by atoms with Crippen LogP contribution in [0.5, 0.6) is 5.88 Å². The number of aromatic nitrogens is 1. The van der Waals surface area contributed by atoms with E-state index < -0.39 is 6.10 Å². The van der Waals surface area contributed by atoms with Gasteiger partial charge in [-0.25, -0.2) is 4.98 Å². The van der Waals surface area contributed by atoms with Crippen molar-refractivity contribution in [3.8, 4) is 5.88 Å². The van der Waals surface area contributed by atoms with Gasteiger partial charge in [0.05, 0.1) is 13.2 Å². The molecule has 3 rings (SSSR count). The van der Waals surface area contributed by atoms with Crippen LogP contribution in [0.4, 0.5) is 0 Å². The minimum Gasteiger partial charge on any atom is -0.480 e. The third kappa shape index (κ3) is 3.41. The molecule has 2 atom stereocenters. The molecule has 24 heavy (non-hydrogen) atoms. The minimum absolute atomic E-state index is 0.0256. The number of hydrogen-bond acceptors (Lipinski definition) is 4. The molecule has 1 aromatic heterocycles. The Labute approximate surface area is 141 Å². The summed E-state index contributed by atoms with van der Waals surface area (Å²) in [6.45, 7) is 0.697. The molecule has 5 nitrogen and oxygen atoms in total. The van der Waals surface area contributed by atoms with E-state index in [1.165, 1.54) is 7.11 Å². The van der Waals surface area contributed by atoms with Crippen LogP contribution in [0.2, 0.25) is 0 Å². The summed E-state index contributed by atoms with van der Waals surface area (Å²) in [7, 11) is 1.51. The highest BCUT2D eigenvalue weighted by molar-refractivity contribution is 5.96. The van der Waals surface area contributed by atoms with Crippen LogP contribution >= 0.6 is 0 Å². The summed E-state index contributed by atoms with van der Waals surface area (Å²) in [4.78, 5) is 18.8. The van der Waals surface area contributed by atoms with E-state index in [-0.39, 0.29) is 11.9 Å². The average molecular weight is 326 g/mol. The number of aliphatic hydroxyl groups is 1. The van der Waals surface area contributed by atoms with Crippen LogP contribution in [0, 0.1) is 0 Å². The summed E-state index contributed by atoms with van der Waals surface area (Å²) in [5.74, 6) is 0.263. The van der Waals surface area contributed by atoms with Gasteiger partial charge < -0.3 is 14.7 Å². The van der Waals surface area contributed by atoms with E-state index in [4.69, 9.17) is 4.74 Å². The molecular formula is C19H22N2O3. The zero-order valence-electron chi connectivity index (χ0n) is 13.8. The summed E-state index contributed by atoms with van der Waals surface area (Å²) >= 11 is 0. The molecule has 1 aliphatic rings. The molecule has 1 amide bonds. The smallest absolute Gasteiger partial charge is 0.259 e. The number of nitrogens with zero attached hydrogens (tertiary/aromatic N) is 2. The van der Waals surface area contributed by atoms with Gasteiger partial charge >= 0.3 is 0 Å². The second-order valence-corrected chi connectivity index (χ2v) is 6.02. The number of amides is 1. The Morgan fingerprint density at radius 3 is 2.88 bits per heavy atom. The van der Waals surface area contributed by atoms with Crippen molar-refractivity contribution in [2.45, 2.75) is 31.4 Å². The highest BCUT2D eigenvalue weighted by Crippen LogP contribution is 2.29. The number of aliphatic hydroxyl groups excluding tert-OH is 1. The molecule has 1 saturated heterocycles. The van der Waals surface area contributed by atoms with Crippen molar-refractivity contribution >= 4 is 5.91 Å². The number of benzene rings is 1. The molecule has 0 radical (unpaired) electrons. The molecule has 1 fully saturated rings. The fraction of sp³-hybridized carbons (Fsp3) is 0.368. The summed E-state index contributed by atoms with van der Waals surface area (Å²) in [5, 5.41) is 10.5. The van der Waals surface area contributed by atoms with Gasteiger partial charge in [-0.2, -0.15) is 0 Å². The highest BCUT2D eigenvalue weighted by Gasteiger charge is 2.32. The van der Waals surface area contributed by atoms with E-state index in [1.807, 2.05) is 35.2 Å². The van der Waals surface area contributed by atoms with Crippen LogP contribution in [0.25, 0.3) is 0 Å². The van der Waals surface area contributed by atoms with Gasteiger partial charge in [-0.15, -0.1) is 0 Å². The Bertz CT molecular complexity index is 690. The lowest BCUT2D eigenvalue weighted by molar-refractivity contribution is 0.0663. The SMILES string of the molecule is COc1ncccc1C(=O)N1CCC[C@H]1C[C@@H](O)c1ccccc1. The Balaban J connectivity index is 1.74. The van der Waals surface area contributed by atoms with Gasteiger partial charge in [-0.05, 0) is 37.0 Å². The van der Waals surface area contributed by atoms with Crippen molar-refractivity contribution in [2.24, 2.45) is 0 Å². The molecule has 2 aromatic rings. The van der Waals surface area contributed by atoms with Crippen molar-refractivity contribution in [2.75, 3.05) is 13.7 Å². The molecule has 1 aliphatic heterocycles. The quantitative estimate of drug-likeness (QED) is 0.918. The van der Waals surface area contributed by atoms with Crippen molar-refractivity contribution in [1.82, 2.24) is 9.88 Å². The molecule has 5 heteroatoms. The topological polar surface area (TPSA) is 62.7 Å². The maximum Gasteiger partial charge on any atom is 0.259 e. The highest BCUT2D eigenvalue weighted by atomic mass is 16.5. The first-order chi connectivity index (χ1) is 11.7. The van der Waals surface area contributed by atoms with Gasteiger partial charge in [0.25, 0.3) is 5.91 Å². The number of pyridine rings is 1. The van der Waals surface area contributed by atoms with Crippen molar-refractivity contribution in [1.29, 1.82) is 0 Å². The lowest BCUT2D eigenvalue weighted by atomic mass is 10.0. The summed E-state index contributed by atoms with van der Waals surface area (Å²) in [6.07, 6.45) is 3.42. The fourth-order valence-electron chi connectivity index (χ4n) is 3.29. The van der Waals surface area contributed by atoms with Crippen molar-refractivity contribution < 1.29 is 14.6 Å². The molecule has 1 aromatic carbocycles. The Kier molecular flexibility index (Phi) is 5.11. The summed E-state index contributed by atoms with van der Waals surface area (Å²) in [5.41, 5.74) is 1.36. The fourth-order valence-corrected chi connectivity index (χ4v) is 3.29. The number of carbonyl (C=O) groups excluding carboxylic acids is 1. The molecule has 126 valence electrons. The number of hydrogen-bond donors (Lipinski definition) is 1. The molecule has 0 aliphatic carbocycles. The first-order valence-electron chi connectivity index (χ1n) is 8.23. The second-order valence-electron chi connectivity index (χ2n) is 6.02. The summed E-state index contributed by atoms with van der Waals surface area (Å²) in [6, 6.07) is 13.1. The zero-order chi connectivity index (χ0) is 16.9.